The second-order valence-corrected chi connectivity index (χ2v) is 1.59. The van der Waals surface area contributed by atoms with Crippen LogP contribution in [0.3, 0.4) is 0 Å². The van der Waals surface area contributed by atoms with Crippen molar-refractivity contribution in [3.63, 3.8) is 0 Å². The fraction of sp³-hybridized carbons (Fsp3) is 0. The van der Waals surface area contributed by atoms with Crippen LogP contribution in [-0.2, 0) is 0 Å². The molecule has 2 heteroatoms. The molecule has 1 nitrogen and oxygen atoms in total. The number of aromatic nitrogens is 1. The molecule has 0 saturated heterocycles. The average Bonchev–Trinajstić information content (AvgIpc) is 1.89. The number of pyridine rings is 1. The summed E-state index contributed by atoms with van der Waals surface area (Å²) < 4.78 is 12.4. The summed E-state index contributed by atoms with van der Waals surface area (Å²) in [5, 5.41) is 0. The van der Waals surface area contributed by atoms with E-state index in [0.717, 1.165) is 0 Å². The van der Waals surface area contributed by atoms with Gasteiger partial charge in [-0.05, 0) is 12.1 Å². The quantitative estimate of drug-likeness (QED) is 0.519. The van der Waals surface area contributed by atoms with Crippen LogP contribution in [0.2, 0.25) is 0 Å². The van der Waals surface area contributed by atoms with Crippen LogP contribution in [0, 0.1) is 5.95 Å². The molecule has 1 aromatic heterocycles. The van der Waals surface area contributed by atoms with E-state index < -0.39 is 5.95 Å². The number of nitrogens with zero attached hydrogens (tertiary/aromatic N) is 1. The van der Waals surface area contributed by atoms with E-state index in [1.165, 1.54) is 12.3 Å². The van der Waals surface area contributed by atoms with Crippen molar-refractivity contribution in [1.82, 2.24) is 4.98 Å². The van der Waals surface area contributed by atoms with Crippen LogP contribution >= 0.6 is 0 Å². The normalized spacial score (nSPS) is 9.00. The van der Waals surface area contributed by atoms with Gasteiger partial charge in [0.2, 0.25) is 5.95 Å². The molecule has 1 rings (SSSR count). The third kappa shape index (κ3) is 1.13. The van der Waals surface area contributed by atoms with E-state index in [1.807, 2.05) is 0 Å². The van der Waals surface area contributed by atoms with Gasteiger partial charge in [-0.1, -0.05) is 12.7 Å². The summed E-state index contributed by atoms with van der Waals surface area (Å²) in [5.74, 6) is -0.465. The van der Waals surface area contributed by atoms with Crippen LogP contribution in [-0.4, -0.2) is 4.98 Å². The Kier molecular flexibility index (Phi) is 1.58. The van der Waals surface area contributed by atoms with Crippen LogP contribution in [0.5, 0.6) is 0 Å². The topological polar surface area (TPSA) is 12.9 Å². The zero-order valence-electron chi connectivity index (χ0n) is 4.84. The van der Waals surface area contributed by atoms with Gasteiger partial charge in [0.15, 0.2) is 0 Å². The Labute approximate surface area is 52.9 Å². The highest BCUT2D eigenvalue weighted by Gasteiger charge is 1.93. The number of rotatable bonds is 1. The van der Waals surface area contributed by atoms with Gasteiger partial charge in [-0.15, -0.1) is 0 Å². The first-order valence-corrected chi connectivity index (χ1v) is 2.57. The molecule has 0 saturated carbocycles. The highest BCUT2D eigenvalue weighted by atomic mass is 19.1. The maximum atomic E-state index is 12.4. The van der Waals surface area contributed by atoms with Crippen molar-refractivity contribution >= 4 is 6.08 Å². The lowest BCUT2D eigenvalue weighted by molar-refractivity contribution is 0.581. The third-order valence-corrected chi connectivity index (χ3v) is 1.01. The highest BCUT2D eigenvalue weighted by molar-refractivity contribution is 5.45. The van der Waals surface area contributed by atoms with Gasteiger partial charge in [-0.3, -0.25) is 0 Å². The van der Waals surface area contributed by atoms with Crippen LogP contribution in [0.25, 0.3) is 6.08 Å². The monoisotopic (exact) mass is 123 g/mol. The van der Waals surface area contributed by atoms with Crippen LogP contribution in [0.15, 0.2) is 24.9 Å². The van der Waals surface area contributed by atoms with Gasteiger partial charge < -0.3 is 0 Å². The molecule has 9 heavy (non-hydrogen) atoms. The summed E-state index contributed by atoms with van der Waals surface area (Å²) in [5.41, 5.74) is 0.442. The molecule has 0 aromatic carbocycles. The van der Waals surface area contributed by atoms with Gasteiger partial charge in [0, 0.05) is 11.8 Å². The van der Waals surface area contributed by atoms with E-state index in [1.54, 1.807) is 12.1 Å². The number of hydrogen-bond acceptors (Lipinski definition) is 1. The van der Waals surface area contributed by atoms with E-state index in [4.69, 9.17) is 0 Å². The molecule has 0 bridgehead atoms. The summed E-state index contributed by atoms with van der Waals surface area (Å²) in [6.07, 6.45) is 2.84. The zero-order chi connectivity index (χ0) is 6.69. The molecule has 0 fully saturated rings. The Morgan fingerprint density at radius 3 is 2.89 bits per heavy atom. The first-order valence-electron chi connectivity index (χ1n) is 2.57. The van der Waals surface area contributed by atoms with Crippen molar-refractivity contribution in [2.75, 3.05) is 0 Å². The van der Waals surface area contributed by atoms with E-state index in [-0.39, 0.29) is 0 Å². The fourth-order valence-corrected chi connectivity index (χ4v) is 0.551. The Hall–Kier alpha value is -1.18. The van der Waals surface area contributed by atoms with Crippen LogP contribution < -0.4 is 0 Å². The minimum absolute atomic E-state index is 0.442. The van der Waals surface area contributed by atoms with Gasteiger partial charge in [-0.2, -0.15) is 4.39 Å². The molecule has 0 N–H and O–H groups in total. The smallest absolute Gasteiger partial charge is 0.220 e. The van der Waals surface area contributed by atoms with Gasteiger partial charge in [-0.25, -0.2) is 4.98 Å². The second-order valence-electron chi connectivity index (χ2n) is 1.59. The van der Waals surface area contributed by atoms with Crippen molar-refractivity contribution in [3.05, 3.63) is 36.4 Å². The summed E-state index contributed by atoms with van der Waals surface area (Å²) in [6, 6.07) is 3.29. The molecule has 0 aliphatic carbocycles. The molecule has 1 aromatic rings. The van der Waals surface area contributed by atoms with Crippen LogP contribution in [0.1, 0.15) is 5.56 Å². The van der Waals surface area contributed by atoms with Crippen LogP contribution in [0.4, 0.5) is 4.39 Å². The third-order valence-electron chi connectivity index (χ3n) is 1.01. The summed E-state index contributed by atoms with van der Waals surface area (Å²) in [7, 11) is 0. The summed E-state index contributed by atoms with van der Waals surface area (Å²) in [6.45, 7) is 3.41. The lowest BCUT2D eigenvalue weighted by atomic mass is 10.3. The van der Waals surface area contributed by atoms with Gasteiger partial charge >= 0.3 is 0 Å². The van der Waals surface area contributed by atoms with Crippen molar-refractivity contribution < 1.29 is 4.39 Å². The van der Waals surface area contributed by atoms with Gasteiger partial charge in [0.1, 0.15) is 0 Å². The molecular weight excluding hydrogens is 117 g/mol. The predicted octanol–water partition coefficient (Wildman–Crippen LogP) is 1.86. The van der Waals surface area contributed by atoms with Crippen molar-refractivity contribution in [3.8, 4) is 0 Å². The number of halogens is 1. The Morgan fingerprint density at radius 1 is 1.67 bits per heavy atom. The maximum Gasteiger partial charge on any atom is 0.220 e. The maximum absolute atomic E-state index is 12.4. The largest absolute Gasteiger partial charge is 0.228 e. The predicted molar refractivity (Wildman–Crippen MR) is 34.3 cm³/mol. The molecular formula is C7H6FN. The van der Waals surface area contributed by atoms with Crippen molar-refractivity contribution in [2.45, 2.75) is 0 Å². The molecule has 1 heterocycles. The van der Waals surface area contributed by atoms with Crippen molar-refractivity contribution in [2.24, 2.45) is 0 Å². The standard InChI is InChI=1S/C7H6FN/c1-2-6-4-3-5-9-7(6)8/h2-5H,1H2. The van der Waals surface area contributed by atoms with E-state index in [0.29, 0.717) is 5.56 Å². The molecule has 0 unspecified atom stereocenters. The minimum atomic E-state index is -0.465. The molecule has 46 valence electrons. The minimum Gasteiger partial charge on any atom is -0.228 e. The lowest BCUT2D eigenvalue weighted by Gasteiger charge is -1.90. The molecule has 0 radical (unpaired) electrons. The first kappa shape index (κ1) is 5.95. The first-order chi connectivity index (χ1) is 4.34. The summed E-state index contributed by atoms with van der Waals surface area (Å²) >= 11 is 0. The molecule has 0 amide bonds. The van der Waals surface area contributed by atoms with Gasteiger partial charge in [0.25, 0.3) is 0 Å². The molecule has 0 aliphatic rings. The lowest BCUT2D eigenvalue weighted by Crippen LogP contribution is -1.83. The second kappa shape index (κ2) is 2.40. The van der Waals surface area contributed by atoms with E-state index in [9.17, 15) is 4.39 Å². The zero-order valence-corrected chi connectivity index (χ0v) is 4.84. The summed E-state index contributed by atoms with van der Waals surface area (Å²) in [4.78, 5) is 3.41. The average molecular weight is 123 g/mol. The molecule has 0 aliphatic heterocycles. The van der Waals surface area contributed by atoms with E-state index >= 15 is 0 Å². The molecule has 0 spiro atoms. The van der Waals surface area contributed by atoms with Gasteiger partial charge in [0.05, 0.1) is 0 Å². The highest BCUT2D eigenvalue weighted by Crippen LogP contribution is 2.02. The van der Waals surface area contributed by atoms with E-state index in [2.05, 4.69) is 11.6 Å². The Balaban J connectivity index is 3.15. The molecule has 0 atom stereocenters. The fourth-order valence-electron chi connectivity index (χ4n) is 0.551. The Bertz CT molecular complexity index is 220. The van der Waals surface area contributed by atoms with Crippen molar-refractivity contribution in [1.29, 1.82) is 0 Å². The Morgan fingerprint density at radius 2 is 2.44 bits per heavy atom. The SMILES string of the molecule is C=Cc1cccnc1F. The number of hydrogen-bond donors (Lipinski definition) is 0.